The monoisotopic (exact) mass is 306 g/mol. The molecule has 0 unspecified atom stereocenters. The second-order valence-corrected chi connectivity index (χ2v) is 6.46. The van der Waals surface area contributed by atoms with Gasteiger partial charge in [0.25, 0.3) is 0 Å². The third-order valence-electron chi connectivity index (χ3n) is 4.33. The molecule has 6 heteroatoms. The van der Waals surface area contributed by atoms with Gasteiger partial charge in [-0.2, -0.15) is 0 Å². The molecular weight excluding hydrogens is 283 g/mol. The standard InChI is InChI=1S/C16H23BO5/c1-15(2)16(3,4)22-17(21-15)12-7-11(9-14(18)20-6)8-13(10-12)19-5/h7-8,10H,9H2,1-6H3. The Kier molecular flexibility index (Phi) is 4.54. The van der Waals surface area contributed by atoms with E-state index in [0.717, 1.165) is 11.0 Å². The molecule has 0 N–H and O–H groups in total. The van der Waals surface area contributed by atoms with Gasteiger partial charge in [0.1, 0.15) is 5.75 Å². The van der Waals surface area contributed by atoms with Crippen LogP contribution >= 0.6 is 0 Å². The van der Waals surface area contributed by atoms with Crippen molar-refractivity contribution in [2.24, 2.45) is 0 Å². The Balaban J connectivity index is 2.31. The Morgan fingerprint density at radius 3 is 2.18 bits per heavy atom. The quantitative estimate of drug-likeness (QED) is 0.626. The predicted molar refractivity (Wildman–Crippen MR) is 84.4 cm³/mol. The maximum atomic E-state index is 11.5. The van der Waals surface area contributed by atoms with Gasteiger partial charge in [-0.05, 0) is 50.9 Å². The summed E-state index contributed by atoms with van der Waals surface area (Å²) in [5, 5.41) is 0. The van der Waals surface area contributed by atoms with Crippen molar-refractivity contribution in [1.82, 2.24) is 0 Å². The van der Waals surface area contributed by atoms with Crippen LogP contribution in [0, 0.1) is 0 Å². The van der Waals surface area contributed by atoms with Crippen LogP contribution in [0.15, 0.2) is 18.2 Å². The van der Waals surface area contributed by atoms with E-state index in [-0.39, 0.29) is 12.4 Å². The van der Waals surface area contributed by atoms with Crippen LogP contribution in [-0.4, -0.2) is 38.5 Å². The number of carbonyl (C=O) groups is 1. The highest BCUT2D eigenvalue weighted by Gasteiger charge is 2.51. The first-order valence-corrected chi connectivity index (χ1v) is 7.29. The molecule has 2 rings (SSSR count). The highest BCUT2D eigenvalue weighted by atomic mass is 16.7. The van der Waals surface area contributed by atoms with Gasteiger partial charge in [-0.15, -0.1) is 0 Å². The zero-order chi connectivity index (χ0) is 16.5. The molecule has 0 aromatic heterocycles. The minimum absolute atomic E-state index is 0.181. The average Bonchev–Trinajstić information content (AvgIpc) is 2.67. The summed E-state index contributed by atoms with van der Waals surface area (Å²) >= 11 is 0. The van der Waals surface area contributed by atoms with Gasteiger partial charge in [-0.25, -0.2) is 0 Å². The number of rotatable bonds is 4. The zero-order valence-corrected chi connectivity index (χ0v) is 14.1. The Morgan fingerprint density at radius 1 is 1.09 bits per heavy atom. The van der Waals surface area contributed by atoms with Gasteiger partial charge in [-0.3, -0.25) is 4.79 Å². The first-order chi connectivity index (χ1) is 10.2. The minimum atomic E-state index is -0.489. The number of hydrogen-bond donors (Lipinski definition) is 0. The molecule has 1 heterocycles. The van der Waals surface area contributed by atoms with Crippen molar-refractivity contribution >= 4 is 18.6 Å². The molecule has 5 nitrogen and oxygen atoms in total. The van der Waals surface area contributed by atoms with Gasteiger partial charge >= 0.3 is 13.1 Å². The third-order valence-corrected chi connectivity index (χ3v) is 4.33. The summed E-state index contributed by atoms with van der Waals surface area (Å²) in [5.74, 6) is 0.360. The van der Waals surface area contributed by atoms with Gasteiger partial charge in [0.2, 0.25) is 0 Å². The van der Waals surface area contributed by atoms with Crippen molar-refractivity contribution in [1.29, 1.82) is 0 Å². The van der Waals surface area contributed by atoms with Gasteiger partial charge in [0, 0.05) is 0 Å². The molecule has 0 spiro atoms. The van der Waals surface area contributed by atoms with E-state index in [9.17, 15) is 4.79 Å². The van der Waals surface area contributed by atoms with Crippen LogP contribution in [0.4, 0.5) is 0 Å². The predicted octanol–water partition coefficient (Wildman–Crippen LogP) is 1.71. The summed E-state index contributed by atoms with van der Waals surface area (Å²) in [5.41, 5.74) is 0.805. The lowest BCUT2D eigenvalue weighted by atomic mass is 9.78. The molecule has 120 valence electrons. The first-order valence-electron chi connectivity index (χ1n) is 7.29. The first kappa shape index (κ1) is 16.8. The van der Waals surface area contributed by atoms with E-state index in [0.29, 0.717) is 5.75 Å². The number of methoxy groups -OCH3 is 2. The summed E-state index contributed by atoms with van der Waals surface area (Å²) in [6, 6.07) is 5.57. The van der Waals surface area contributed by atoms with Crippen LogP contribution in [0.5, 0.6) is 5.75 Å². The Morgan fingerprint density at radius 2 is 1.68 bits per heavy atom. The zero-order valence-electron chi connectivity index (χ0n) is 14.1. The molecule has 1 aromatic carbocycles. The fraction of sp³-hybridized carbons (Fsp3) is 0.562. The van der Waals surface area contributed by atoms with Crippen molar-refractivity contribution in [3.63, 3.8) is 0 Å². The molecule has 1 aliphatic heterocycles. The minimum Gasteiger partial charge on any atom is -0.497 e. The molecule has 1 aromatic rings. The maximum Gasteiger partial charge on any atom is 0.494 e. The number of hydrogen-bond acceptors (Lipinski definition) is 5. The van der Waals surface area contributed by atoms with Crippen LogP contribution < -0.4 is 10.2 Å². The van der Waals surface area contributed by atoms with Crippen LogP contribution in [0.3, 0.4) is 0 Å². The normalized spacial score (nSPS) is 19.1. The lowest BCUT2D eigenvalue weighted by molar-refractivity contribution is -0.139. The fourth-order valence-electron chi connectivity index (χ4n) is 2.26. The van der Waals surface area contributed by atoms with Gasteiger partial charge in [0.05, 0.1) is 31.8 Å². The molecule has 0 atom stereocenters. The van der Waals surface area contributed by atoms with Crippen LogP contribution in [0.25, 0.3) is 0 Å². The molecule has 0 radical (unpaired) electrons. The lowest BCUT2D eigenvalue weighted by Gasteiger charge is -2.32. The van der Waals surface area contributed by atoms with E-state index < -0.39 is 18.3 Å². The van der Waals surface area contributed by atoms with E-state index in [2.05, 4.69) is 0 Å². The van der Waals surface area contributed by atoms with E-state index in [1.807, 2.05) is 45.9 Å². The molecule has 0 bridgehead atoms. The Hall–Kier alpha value is -1.53. The molecule has 1 saturated heterocycles. The lowest BCUT2D eigenvalue weighted by Crippen LogP contribution is -2.41. The van der Waals surface area contributed by atoms with Crippen molar-refractivity contribution in [2.45, 2.75) is 45.3 Å². The number of ether oxygens (including phenoxy) is 2. The summed E-state index contributed by atoms with van der Waals surface area (Å²) in [6.45, 7) is 8.01. The topological polar surface area (TPSA) is 54.0 Å². The number of benzene rings is 1. The van der Waals surface area contributed by atoms with Crippen LogP contribution in [0.2, 0.25) is 0 Å². The highest BCUT2D eigenvalue weighted by molar-refractivity contribution is 6.62. The number of esters is 1. The van der Waals surface area contributed by atoms with Crippen molar-refractivity contribution in [3.8, 4) is 5.75 Å². The van der Waals surface area contributed by atoms with E-state index in [4.69, 9.17) is 18.8 Å². The van der Waals surface area contributed by atoms with Crippen LogP contribution in [0.1, 0.15) is 33.3 Å². The molecule has 1 fully saturated rings. The summed E-state index contributed by atoms with van der Waals surface area (Å²) < 4.78 is 22.1. The molecule has 22 heavy (non-hydrogen) atoms. The smallest absolute Gasteiger partial charge is 0.494 e. The van der Waals surface area contributed by atoms with Gasteiger partial charge < -0.3 is 18.8 Å². The highest BCUT2D eigenvalue weighted by Crippen LogP contribution is 2.36. The SMILES string of the molecule is COC(=O)Cc1cc(OC)cc(B2OC(C)(C)C(C)(C)O2)c1. The van der Waals surface area contributed by atoms with E-state index in [1.54, 1.807) is 7.11 Å². The average molecular weight is 306 g/mol. The van der Waals surface area contributed by atoms with Crippen molar-refractivity contribution in [3.05, 3.63) is 23.8 Å². The summed E-state index contributed by atoms with van der Waals surface area (Å²) in [7, 11) is 2.47. The number of carbonyl (C=O) groups excluding carboxylic acids is 1. The molecule has 0 aliphatic carbocycles. The second kappa shape index (κ2) is 5.93. The van der Waals surface area contributed by atoms with Crippen LogP contribution in [-0.2, 0) is 25.3 Å². The second-order valence-electron chi connectivity index (χ2n) is 6.46. The summed E-state index contributed by atoms with van der Waals surface area (Å²) in [6.07, 6.45) is 0.181. The Labute approximate surface area is 132 Å². The molecular formula is C16H23BO5. The maximum absolute atomic E-state index is 11.5. The summed E-state index contributed by atoms with van der Waals surface area (Å²) in [4.78, 5) is 11.5. The van der Waals surface area contributed by atoms with Crippen molar-refractivity contribution < 1.29 is 23.6 Å². The third kappa shape index (κ3) is 3.28. The molecule has 1 aliphatic rings. The fourth-order valence-corrected chi connectivity index (χ4v) is 2.26. The van der Waals surface area contributed by atoms with Gasteiger partial charge in [-0.1, -0.05) is 6.07 Å². The molecule has 0 saturated carbocycles. The largest absolute Gasteiger partial charge is 0.497 e. The molecule has 0 amide bonds. The van der Waals surface area contributed by atoms with Gasteiger partial charge in [0.15, 0.2) is 0 Å². The van der Waals surface area contributed by atoms with Crippen molar-refractivity contribution in [2.75, 3.05) is 14.2 Å². The Bertz CT molecular complexity index is 552. The van der Waals surface area contributed by atoms with E-state index in [1.165, 1.54) is 7.11 Å². The van der Waals surface area contributed by atoms with E-state index >= 15 is 0 Å².